The van der Waals surface area contributed by atoms with Crippen LogP contribution in [0.2, 0.25) is 0 Å². The van der Waals surface area contributed by atoms with Gasteiger partial charge in [0.05, 0.1) is 23.8 Å². The van der Waals surface area contributed by atoms with E-state index in [1.54, 1.807) is 61.0 Å². The van der Waals surface area contributed by atoms with Crippen LogP contribution in [0, 0.1) is 9.39 Å². The zero-order valence-electron chi connectivity index (χ0n) is 25.0. The lowest BCUT2D eigenvalue weighted by Crippen LogP contribution is -2.49. The molecule has 0 saturated heterocycles. The number of carbonyl (C=O) groups is 1. The van der Waals surface area contributed by atoms with E-state index in [1.165, 1.54) is 21.4 Å². The SMILES string of the molecule is CC(C)(C)OC(=O)N(CC1=CN2C=C(F)C=CC2N1)[C@H]1CC[C@@H](n2c(=O)c3cc(F)cnc3n(-c3cccc(I)c3)c2=O)CC1. The molecule has 236 valence electrons. The van der Waals surface area contributed by atoms with Gasteiger partial charge in [0, 0.05) is 33.8 Å². The number of allylic oxidation sites excluding steroid dienone is 2. The van der Waals surface area contributed by atoms with E-state index in [2.05, 4.69) is 32.9 Å². The highest BCUT2D eigenvalue weighted by molar-refractivity contribution is 14.1. The Balaban J connectivity index is 1.30. The molecule has 1 amide bonds. The Bertz CT molecular complexity index is 1870. The number of nitrogens with one attached hydrogen (secondary N) is 1. The Morgan fingerprint density at radius 1 is 1.13 bits per heavy atom. The van der Waals surface area contributed by atoms with Crippen molar-refractivity contribution >= 4 is 39.7 Å². The largest absolute Gasteiger partial charge is 0.444 e. The van der Waals surface area contributed by atoms with E-state index in [-0.39, 0.29) is 35.6 Å². The van der Waals surface area contributed by atoms with Crippen LogP contribution in [0.15, 0.2) is 82.2 Å². The molecule has 0 bridgehead atoms. The Morgan fingerprint density at radius 2 is 1.89 bits per heavy atom. The van der Waals surface area contributed by atoms with E-state index in [4.69, 9.17) is 4.74 Å². The molecule has 1 saturated carbocycles. The van der Waals surface area contributed by atoms with Crippen LogP contribution >= 0.6 is 22.6 Å². The van der Waals surface area contributed by atoms with Crippen molar-refractivity contribution in [2.24, 2.45) is 0 Å². The van der Waals surface area contributed by atoms with Crippen molar-refractivity contribution in [2.45, 2.75) is 70.3 Å². The predicted octanol–water partition coefficient (Wildman–Crippen LogP) is 5.47. The molecule has 2 aliphatic heterocycles. The van der Waals surface area contributed by atoms with E-state index >= 15 is 0 Å². The normalized spacial score (nSPS) is 21.2. The first-order valence-corrected chi connectivity index (χ1v) is 15.8. The Hall–Kier alpha value is -4.01. The number of aromatic nitrogens is 3. The Labute approximate surface area is 271 Å². The molecule has 13 heteroatoms. The van der Waals surface area contributed by atoms with Gasteiger partial charge in [-0.2, -0.15) is 0 Å². The van der Waals surface area contributed by atoms with Crippen molar-refractivity contribution in [1.29, 1.82) is 0 Å². The summed E-state index contributed by atoms with van der Waals surface area (Å²) in [6, 6.07) is 7.63. The molecule has 0 spiro atoms. The average molecular weight is 731 g/mol. The monoisotopic (exact) mass is 730 g/mol. The summed E-state index contributed by atoms with van der Waals surface area (Å²) in [7, 11) is 0. The molecule has 4 heterocycles. The second kappa shape index (κ2) is 12.1. The van der Waals surface area contributed by atoms with Crippen molar-refractivity contribution in [3.05, 3.63) is 103 Å². The number of hydrogen-bond acceptors (Lipinski definition) is 7. The average Bonchev–Trinajstić information content (AvgIpc) is 3.37. The maximum Gasteiger partial charge on any atom is 0.410 e. The number of benzene rings is 1. The molecule has 45 heavy (non-hydrogen) atoms. The molecule has 10 nitrogen and oxygen atoms in total. The van der Waals surface area contributed by atoms with Gasteiger partial charge in [0.1, 0.15) is 23.4 Å². The van der Waals surface area contributed by atoms with Crippen molar-refractivity contribution < 1.29 is 18.3 Å². The van der Waals surface area contributed by atoms with Gasteiger partial charge < -0.3 is 15.0 Å². The summed E-state index contributed by atoms with van der Waals surface area (Å²) in [5.41, 5.74) is -0.532. The molecule has 1 N–H and O–H groups in total. The minimum Gasteiger partial charge on any atom is -0.444 e. The highest BCUT2D eigenvalue weighted by Crippen LogP contribution is 2.32. The summed E-state index contributed by atoms with van der Waals surface area (Å²) < 4.78 is 37.3. The lowest BCUT2D eigenvalue weighted by atomic mass is 9.90. The van der Waals surface area contributed by atoms with Crippen LogP contribution in [0.25, 0.3) is 16.7 Å². The summed E-state index contributed by atoms with van der Waals surface area (Å²) in [5, 5.41) is 3.33. The van der Waals surface area contributed by atoms with Crippen LogP contribution in [-0.4, -0.2) is 54.4 Å². The number of pyridine rings is 1. The molecule has 3 aromatic rings. The first-order valence-electron chi connectivity index (χ1n) is 14.8. The molecule has 1 aliphatic carbocycles. The fourth-order valence-electron chi connectivity index (χ4n) is 6.11. The van der Waals surface area contributed by atoms with Gasteiger partial charge in [0.2, 0.25) is 0 Å². The lowest BCUT2D eigenvalue weighted by Gasteiger charge is -2.38. The first-order chi connectivity index (χ1) is 21.4. The van der Waals surface area contributed by atoms with E-state index in [0.29, 0.717) is 31.4 Å². The summed E-state index contributed by atoms with van der Waals surface area (Å²) >= 11 is 2.14. The molecule has 3 aliphatic rings. The third-order valence-corrected chi connectivity index (χ3v) is 8.74. The molecule has 2 aromatic heterocycles. The van der Waals surface area contributed by atoms with Crippen LogP contribution in [-0.2, 0) is 4.74 Å². The molecule has 1 fully saturated rings. The van der Waals surface area contributed by atoms with Gasteiger partial charge in [-0.05, 0) is 105 Å². The number of carbonyl (C=O) groups excluding carboxylic acids is 1. The summed E-state index contributed by atoms with van der Waals surface area (Å²) in [6.07, 6.45) is 8.36. The second-order valence-corrected chi connectivity index (χ2v) is 13.7. The van der Waals surface area contributed by atoms with Gasteiger partial charge in [0.15, 0.2) is 5.65 Å². The van der Waals surface area contributed by atoms with Gasteiger partial charge in [0.25, 0.3) is 5.56 Å². The highest BCUT2D eigenvalue weighted by atomic mass is 127. The fourth-order valence-corrected chi connectivity index (χ4v) is 6.64. The van der Waals surface area contributed by atoms with Gasteiger partial charge in [-0.1, -0.05) is 6.07 Å². The number of fused-ring (bicyclic) bond motifs is 2. The van der Waals surface area contributed by atoms with Crippen molar-refractivity contribution in [3.63, 3.8) is 0 Å². The molecular weight excluding hydrogens is 697 g/mol. The molecule has 1 aromatic carbocycles. The third-order valence-electron chi connectivity index (χ3n) is 8.07. The molecule has 6 rings (SSSR count). The zero-order chi connectivity index (χ0) is 32.0. The second-order valence-electron chi connectivity index (χ2n) is 12.4. The van der Waals surface area contributed by atoms with Crippen LogP contribution < -0.4 is 16.6 Å². The Morgan fingerprint density at radius 3 is 2.60 bits per heavy atom. The van der Waals surface area contributed by atoms with Gasteiger partial charge >= 0.3 is 11.8 Å². The van der Waals surface area contributed by atoms with Crippen molar-refractivity contribution in [3.8, 4) is 5.69 Å². The zero-order valence-corrected chi connectivity index (χ0v) is 27.2. The summed E-state index contributed by atoms with van der Waals surface area (Å²) in [5.74, 6) is -1.04. The number of ether oxygens (including phenoxy) is 1. The lowest BCUT2D eigenvalue weighted by molar-refractivity contribution is 0.0125. The number of halogens is 3. The van der Waals surface area contributed by atoms with Crippen molar-refractivity contribution in [2.75, 3.05) is 6.54 Å². The Kier molecular flexibility index (Phi) is 8.31. The van der Waals surface area contributed by atoms with E-state index in [0.717, 1.165) is 21.5 Å². The third kappa shape index (κ3) is 6.40. The van der Waals surface area contributed by atoms with Gasteiger partial charge in [-0.3, -0.25) is 14.3 Å². The topological polar surface area (TPSA) is 102 Å². The summed E-state index contributed by atoms with van der Waals surface area (Å²) in [6.45, 7) is 5.61. The summed E-state index contributed by atoms with van der Waals surface area (Å²) in [4.78, 5) is 48.7. The maximum absolute atomic E-state index is 14.3. The van der Waals surface area contributed by atoms with Gasteiger partial charge in [-0.25, -0.2) is 27.9 Å². The molecule has 0 radical (unpaired) electrons. The predicted molar refractivity (Wildman–Crippen MR) is 174 cm³/mol. The quantitative estimate of drug-likeness (QED) is 0.348. The standard InChI is InChI=1S/C32H33F2IN6O4/c1-32(2,3)45-31(44)39(18-22-17-38-16-19(33)7-12-27(38)37-22)23-8-10-24(11-9-23)41-29(42)26-13-20(34)15-36-28(26)40(30(41)43)25-6-4-5-21(35)14-25/h4-7,12-17,23-24,27,37H,8-11,18H2,1-3H3/t23-,24+,27?. The van der Waals surface area contributed by atoms with E-state index < -0.39 is 34.8 Å². The minimum atomic E-state index is -0.724. The van der Waals surface area contributed by atoms with Crippen LogP contribution in [0.3, 0.4) is 0 Å². The fraction of sp³-hybridized carbons (Fsp3) is 0.375. The van der Waals surface area contributed by atoms with Crippen molar-refractivity contribution in [1.82, 2.24) is 29.2 Å². The highest BCUT2D eigenvalue weighted by Gasteiger charge is 2.35. The number of rotatable bonds is 5. The van der Waals surface area contributed by atoms with Crippen LogP contribution in [0.1, 0.15) is 52.5 Å². The van der Waals surface area contributed by atoms with Gasteiger partial charge in [-0.15, -0.1) is 0 Å². The van der Waals surface area contributed by atoms with Crippen LogP contribution in [0.4, 0.5) is 13.6 Å². The van der Waals surface area contributed by atoms with E-state index in [9.17, 15) is 23.2 Å². The smallest absolute Gasteiger partial charge is 0.410 e. The minimum absolute atomic E-state index is 0.0150. The molecule has 1 unspecified atom stereocenters. The van der Waals surface area contributed by atoms with E-state index in [1.807, 2.05) is 6.07 Å². The molecular formula is C32H33F2IN6O4. The number of amides is 1. The maximum atomic E-state index is 14.3. The molecule has 1 atom stereocenters. The number of hydrogen-bond donors (Lipinski definition) is 1. The number of nitrogens with zero attached hydrogens (tertiary/aromatic N) is 5. The van der Waals surface area contributed by atoms with Crippen LogP contribution in [0.5, 0.6) is 0 Å². The first kappa shape index (κ1) is 31.0.